The summed E-state index contributed by atoms with van der Waals surface area (Å²) < 4.78 is 27.8. The summed E-state index contributed by atoms with van der Waals surface area (Å²) in [6, 6.07) is 20.7. The van der Waals surface area contributed by atoms with Crippen LogP contribution < -0.4 is 4.72 Å². The van der Waals surface area contributed by atoms with Crippen molar-refractivity contribution in [3.8, 4) is 11.1 Å². The highest BCUT2D eigenvalue weighted by Crippen LogP contribution is 2.23. The third-order valence-corrected chi connectivity index (χ3v) is 7.03. The molecule has 0 spiro atoms. The minimum atomic E-state index is -4.05. The topological polar surface area (TPSA) is 104 Å². The molecule has 0 aromatic heterocycles. The first-order valence-electron chi connectivity index (χ1n) is 10.6. The molecule has 1 atom stereocenters. The molecule has 34 heavy (non-hydrogen) atoms. The number of aliphatic carboxylic acids is 1. The van der Waals surface area contributed by atoms with Gasteiger partial charge in [-0.2, -0.15) is 4.72 Å². The molecule has 0 fully saturated rings. The fraction of sp³-hybridized carbons (Fsp3) is 0.200. The summed E-state index contributed by atoms with van der Waals surface area (Å²) in [6.07, 6.45) is 0.341. The lowest BCUT2D eigenvalue weighted by atomic mass is 10.1. The second kappa shape index (κ2) is 11.3. The summed E-state index contributed by atoms with van der Waals surface area (Å²) in [5.41, 5.74) is 2.21. The largest absolute Gasteiger partial charge is 0.480 e. The third kappa shape index (κ3) is 6.66. The predicted octanol–water partition coefficient (Wildman–Crippen LogP) is 4.29. The van der Waals surface area contributed by atoms with E-state index in [2.05, 4.69) is 4.72 Å². The lowest BCUT2D eigenvalue weighted by Gasteiger charge is -2.19. The van der Waals surface area contributed by atoms with Gasteiger partial charge in [0.1, 0.15) is 6.04 Å². The Morgan fingerprint density at radius 1 is 0.941 bits per heavy atom. The molecule has 0 saturated carbocycles. The van der Waals surface area contributed by atoms with Crippen molar-refractivity contribution in [3.05, 3.63) is 89.4 Å². The Morgan fingerprint density at radius 3 is 2.06 bits per heavy atom. The zero-order valence-corrected chi connectivity index (χ0v) is 20.1. The molecule has 3 aromatic rings. The number of nitrogens with zero attached hydrogens (tertiary/aromatic N) is 1. The molecule has 7 nitrogen and oxygen atoms in total. The Bertz CT molecular complexity index is 1230. The van der Waals surface area contributed by atoms with E-state index < -0.39 is 22.0 Å². The van der Waals surface area contributed by atoms with Crippen molar-refractivity contribution < 1.29 is 23.1 Å². The van der Waals surface area contributed by atoms with Crippen LogP contribution in [0.15, 0.2) is 83.8 Å². The van der Waals surface area contributed by atoms with Crippen molar-refractivity contribution in [2.45, 2.75) is 23.8 Å². The minimum absolute atomic E-state index is 0.0316. The smallest absolute Gasteiger partial charge is 0.321 e. The van der Waals surface area contributed by atoms with Crippen molar-refractivity contribution in [3.63, 3.8) is 0 Å². The number of sulfonamides is 1. The fourth-order valence-corrected chi connectivity index (χ4v) is 4.74. The van der Waals surface area contributed by atoms with Crippen LogP contribution in [0.3, 0.4) is 0 Å². The number of carboxylic acid groups (broad SMARTS) is 1. The van der Waals surface area contributed by atoms with Gasteiger partial charge in [-0.15, -0.1) is 0 Å². The molecule has 9 heteroatoms. The highest BCUT2D eigenvalue weighted by molar-refractivity contribution is 7.89. The van der Waals surface area contributed by atoms with Gasteiger partial charge in [0.25, 0.3) is 5.91 Å². The highest BCUT2D eigenvalue weighted by Gasteiger charge is 2.25. The molecule has 0 aliphatic rings. The molecular weight excluding hydrogens is 476 g/mol. The number of benzene rings is 3. The lowest BCUT2D eigenvalue weighted by Crippen LogP contribution is -2.41. The molecule has 0 aliphatic heterocycles. The second-order valence-corrected chi connectivity index (χ2v) is 9.93. The van der Waals surface area contributed by atoms with Gasteiger partial charge in [0.2, 0.25) is 10.0 Å². The standard InChI is InChI=1S/C25H25ClN2O5S/c1-28(24(29)20-6-3-2-4-7-20)17-5-8-23(25(30)31)27-34(32,33)22-15-11-19(12-16-22)18-9-13-21(26)14-10-18/h2-4,6-7,9-16,23,27H,5,8,17H2,1H3,(H,30,31)/t23-/m0/s1. The Morgan fingerprint density at radius 2 is 1.50 bits per heavy atom. The first-order chi connectivity index (χ1) is 16.2. The highest BCUT2D eigenvalue weighted by atomic mass is 35.5. The van der Waals surface area contributed by atoms with Crippen LogP contribution in [-0.2, 0) is 14.8 Å². The number of carboxylic acids is 1. The van der Waals surface area contributed by atoms with Crippen LogP contribution in [0.1, 0.15) is 23.2 Å². The van der Waals surface area contributed by atoms with E-state index in [4.69, 9.17) is 11.6 Å². The number of halogens is 1. The molecule has 0 aliphatic carbocycles. The zero-order valence-electron chi connectivity index (χ0n) is 18.5. The van der Waals surface area contributed by atoms with Gasteiger partial charge in [0.15, 0.2) is 0 Å². The first kappa shape index (κ1) is 25.4. The van der Waals surface area contributed by atoms with Crippen LogP contribution in [0.4, 0.5) is 0 Å². The third-order valence-electron chi connectivity index (χ3n) is 5.29. The Balaban J connectivity index is 1.61. The van der Waals surface area contributed by atoms with Crippen molar-refractivity contribution >= 4 is 33.5 Å². The van der Waals surface area contributed by atoms with Crippen molar-refractivity contribution in [1.82, 2.24) is 9.62 Å². The van der Waals surface area contributed by atoms with Crippen LogP contribution in [0.25, 0.3) is 11.1 Å². The predicted molar refractivity (Wildman–Crippen MR) is 131 cm³/mol. The molecule has 178 valence electrons. The molecule has 0 heterocycles. The van der Waals surface area contributed by atoms with Crippen molar-refractivity contribution in [1.29, 1.82) is 0 Å². The van der Waals surface area contributed by atoms with Gasteiger partial charge in [0, 0.05) is 24.2 Å². The minimum Gasteiger partial charge on any atom is -0.480 e. The summed E-state index contributed by atoms with van der Waals surface area (Å²) in [7, 11) is -2.43. The summed E-state index contributed by atoms with van der Waals surface area (Å²) in [6.45, 7) is 0.287. The van der Waals surface area contributed by atoms with Gasteiger partial charge in [-0.3, -0.25) is 9.59 Å². The maximum atomic E-state index is 12.8. The Kier molecular flexibility index (Phi) is 8.44. The molecule has 3 rings (SSSR count). The van der Waals surface area contributed by atoms with Crippen molar-refractivity contribution in [2.24, 2.45) is 0 Å². The molecule has 3 aromatic carbocycles. The number of carbonyl (C=O) groups is 2. The van der Waals surface area contributed by atoms with Crippen molar-refractivity contribution in [2.75, 3.05) is 13.6 Å². The fourth-order valence-electron chi connectivity index (χ4n) is 3.39. The maximum absolute atomic E-state index is 12.8. The molecular formula is C25H25ClN2O5S. The SMILES string of the molecule is CN(CCC[C@H](NS(=O)(=O)c1ccc(-c2ccc(Cl)cc2)cc1)C(=O)O)C(=O)c1ccccc1. The van der Waals surface area contributed by atoms with Gasteiger partial charge in [-0.25, -0.2) is 8.42 Å². The number of rotatable bonds is 10. The van der Waals surface area contributed by atoms with Crippen LogP contribution in [0, 0.1) is 0 Å². The van der Waals surface area contributed by atoms with Crippen LogP contribution in [0.5, 0.6) is 0 Å². The van der Waals surface area contributed by atoms with E-state index in [-0.39, 0.29) is 23.8 Å². The normalized spacial score (nSPS) is 12.2. The van der Waals surface area contributed by atoms with Gasteiger partial charge >= 0.3 is 5.97 Å². The monoisotopic (exact) mass is 500 g/mol. The molecule has 0 unspecified atom stereocenters. The molecule has 0 saturated heterocycles. The van der Waals surface area contributed by atoms with E-state index >= 15 is 0 Å². The summed E-state index contributed by atoms with van der Waals surface area (Å²) in [4.78, 5) is 25.5. The average molecular weight is 501 g/mol. The van der Waals surface area contributed by atoms with Gasteiger partial charge < -0.3 is 10.0 Å². The summed E-state index contributed by atoms with van der Waals surface area (Å²) in [5, 5.41) is 10.1. The number of hydrogen-bond acceptors (Lipinski definition) is 4. The number of hydrogen-bond donors (Lipinski definition) is 2. The number of amides is 1. The van der Waals surface area contributed by atoms with E-state index in [9.17, 15) is 23.1 Å². The maximum Gasteiger partial charge on any atom is 0.321 e. The molecule has 2 N–H and O–H groups in total. The second-order valence-electron chi connectivity index (χ2n) is 7.78. The van der Waals surface area contributed by atoms with Gasteiger partial charge in [0.05, 0.1) is 4.90 Å². The van der Waals surface area contributed by atoms with E-state index in [1.807, 2.05) is 18.2 Å². The van der Waals surface area contributed by atoms with E-state index in [1.165, 1.54) is 17.0 Å². The van der Waals surface area contributed by atoms with Gasteiger partial charge in [-0.05, 0) is 60.4 Å². The molecule has 1 amide bonds. The summed E-state index contributed by atoms with van der Waals surface area (Å²) >= 11 is 5.90. The number of carbonyl (C=O) groups excluding carboxylic acids is 1. The number of nitrogens with one attached hydrogen (secondary N) is 1. The zero-order chi connectivity index (χ0) is 24.7. The Hall–Kier alpha value is -3.20. The van der Waals surface area contributed by atoms with E-state index in [1.54, 1.807) is 55.6 Å². The van der Waals surface area contributed by atoms with Gasteiger partial charge in [-0.1, -0.05) is 54.1 Å². The van der Waals surface area contributed by atoms with E-state index in [0.29, 0.717) is 17.0 Å². The van der Waals surface area contributed by atoms with Crippen LogP contribution in [0.2, 0.25) is 5.02 Å². The van der Waals surface area contributed by atoms with Crippen LogP contribution in [-0.4, -0.2) is 49.9 Å². The lowest BCUT2D eigenvalue weighted by molar-refractivity contribution is -0.139. The Labute approximate surface area is 204 Å². The molecule has 0 radical (unpaired) electrons. The summed E-state index contributed by atoms with van der Waals surface area (Å²) in [5.74, 6) is -1.47. The average Bonchev–Trinajstić information content (AvgIpc) is 2.83. The van der Waals surface area contributed by atoms with E-state index in [0.717, 1.165) is 11.1 Å². The molecule has 0 bridgehead atoms. The first-order valence-corrected chi connectivity index (χ1v) is 12.4. The van der Waals surface area contributed by atoms with Crippen LogP contribution >= 0.6 is 11.6 Å². The quantitative estimate of drug-likeness (QED) is 0.432.